The highest BCUT2D eigenvalue weighted by Crippen LogP contribution is 2.17. The summed E-state index contributed by atoms with van der Waals surface area (Å²) < 4.78 is 5.19. The summed E-state index contributed by atoms with van der Waals surface area (Å²) in [6, 6.07) is 15.0. The number of amides is 2. The largest absolute Gasteiger partial charge is 0.497 e. The molecule has 0 aromatic heterocycles. The minimum Gasteiger partial charge on any atom is -0.497 e. The van der Waals surface area contributed by atoms with Crippen LogP contribution in [0.2, 0.25) is 0 Å². The molecule has 2 aromatic carbocycles. The van der Waals surface area contributed by atoms with Crippen molar-refractivity contribution in [3.8, 4) is 5.75 Å². The number of carbonyl (C=O) groups is 2. The molecule has 5 heteroatoms. The van der Waals surface area contributed by atoms with Gasteiger partial charge in [-0.2, -0.15) is 0 Å². The van der Waals surface area contributed by atoms with Crippen molar-refractivity contribution in [3.05, 3.63) is 65.2 Å². The number of hydrogen-bond acceptors (Lipinski definition) is 3. The molecule has 0 saturated heterocycles. The lowest BCUT2D eigenvalue weighted by Gasteiger charge is -2.30. The fourth-order valence-electron chi connectivity index (χ4n) is 3.00. The normalized spacial score (nSPS) is 11.6. The van der Waals surface area contributed by atoms with Crippen LogP contribution in [0.1, 0.15) is 30.0 Å². The van der Waals surface area contributed by atoms with Crippen LogP contribution < -0.4 is 10.1 Å². The molecule has 144 valence electrons. The molecule has 0 heterocycles. The van der Waals surface area contributed by atoms with Gasteiger partial charge in [0.15, 0.2) is 0 Å². The van der Waals surface area contributed by atoms with Crippen molar-refractivity contribution >= 4 is 11.8 Å². The van der Waals surface area contributed by atoms with E-state index in [0.717, 1.165) is 22.4 Å². The van der Waals surface area contributed by atoms with Crippen molar-refractivity contribution in [3.63, 3.8) is 0 Å². The maximum atomic E-state index is 13.1. The number of methoxy groups -OCH3 is 1. The van der Waals surface area contributed by atoms with Crippen LogP contribution in [0.4, 0.5) is 0 Å². The van der Waals surface area contributed by atoms with Crippen LogP contribution in [-0.2, 0) is 22.6 Å². The second-order valence-corrected chi connectivity index (χ2v) is 6.57. The average molecular weight is 368 g/mol. The minimum absolute atomic E-state index is 0.0647. The molecular formula is C22H28N2O3. The molecule has 2 rings (SSSR count). The molecule has 0 spiro atoms. The van der Waals surface area contributed by atoms with Crippen molar-refractivity contribution in [1.29, 1.82) is 0 Å². The summed E-state index contributed by atoms with van der Waals surface area (Å²) in [5.74, 6) is 0.544. The number of rotatable bonds is 8. The van der Waals surface area contributed by atoms with E-state index in [1.165, 1.54) is 0 Å². The molecule has 0 aliphatic heterocycles. The maximum Gasteiger partial charge on any atom is 0.242 e. The second-order valence-electron chi connectivity index (χ2n) is 6.57. The topological polar surface area (TPSA) is 58.6 Å². The van der Waals surface area contributed by atoms with Crippen LogP contribution in [0, 0.1) is 6.92 Å². The van der Waals surface area contributed by atoms with Crippen LogP contribution in [-0.4, -0.2) is 36.9 Å². The first-order chi connectivity index (χ1) is 13.0. The number of benzene rings is 2. The molecule has 5 nitrogen and oxygen atoms in total. The van der Waals surface area contributed by atoms with Gasteiger partial charge in [0.05, 0.1) is 13.5 Å². The van der Waals surface area contributed by atoms with Gasteiger partial charge in [-0.25, -0.2) is 0 Å². The van der Waals surface area contributed by atoms with E-state index in [4.69, 9.17) is 4.74 Å². The third-order valence-electron chi connectivity index (χ3n) is 4.62. The third kappa shape index (κ3) is 5.58. The lowest BCUT2D eigenvalue weighted by atomic mass is 10.1. The van der Waals surface area contributed by atoms with Crippen molar-refractivity contribution in [2.75, 3.05) is 14.2 Å². The van der Waals surface area contributed by atoms with Crippen molar-refractivity contribution in [1.82, 2.24) is 10.2 Å². The Morgan fingerprint density at radius 3 is 2.15 bits per heavy atom. The minimum atomic E-state index is -0.505. The van der Waals surface area contributed by atoms with Crippen LogP contribution >= 0.6 is 0 Å². The number of carbonyl (C=O) groups excluding carboxylic acids is 2. The Kier molecular flexibility index (Phi) is 7.41. The van der Waals surface area contributed by atoms with Gasteiger partial charge < -0.3 is 15.0 Å². The fraction of sp³-hybridized carbons (Fsp3) is 0.364. The lowest BCUT2D eigenvalue weighted by molar-refractivity contribution is -0.140. The molecule has 27 heavy (non-hydrogen) atoms. The third-order valence-corrected chi connectivity index (χ3v) is 4.62. The van der Waals surface area contributed by atoms with Gasteiger partial charge in [-0.1, -0.05) is 48.9 Å². The Hall–Kier alpha value is -2.82. The average Bonchev–Trinajstić information content (AvgIpc) is 2.69. The molecule has 2 amide bonds. The zero-order valence-electron chi connectivity index (χ0n) is 16.5. The quantitative estimate of drug-likeness (QED) is 0.779. The number of likely N-dealkylation sites (N-methyl/N-ethyl adjacent to an activating group) is 1. The zero-order valence-corrected chi connectivity index (χ0v) is 16.5. The molecule has 2 aromatic rings. The van der Waals surface area contributed by atoms with Crippen LogP contribution in [0.3, 0.4) is 0 Å². The molecular weight excluding hydrogens is 340 g/mol. The van der Waals surface area contributed by atoms with Gasteiger partial charge in [0.1, 0.15) is 11.8 Å². The van der Waals surface area contributed by atoms with Crippen LogP contribution in [0.15, 0.2) is 48.5 Å². The van der Waals surface area contributed by atoms with Gasteiger partial charge >= 0.3 is 0 Å². The number of nitrogens with one attached hydrogen (secondary N) is 1. The lowest BCUT2D eigenvalue weighted by Crippen LogP contribution is -2.48. The number of ether oxygens (including phenoxy) is 1. The molecule has 1 N–H and O–H groups in total. The summed E-state index contributed by atoms with van der Waals surface area (Å²) in [4.78, 5) is 27.1. The highest BCUT2D eigenvalue weighted by Gasteiger charge is 2.27. The van der Waals surface area contributed by atoms with E-state index >= 15 is 0 Å². The number of aryl methyl sites for hydroxylation is 1. The standard InChI is InChI=1S/C22H28N2O3/c1-5-20(22(26)23-3)24(15-18-10-12-19(27-4)13-11-18)21(25)14-17-8-6-16(2)7-9-17/h6-13,20H,5,14-15H2,1-4H3,(H,23,26)/t20-/m0/s1. The Labute approximate surface area is 161 Å². The van der Waals surface area contributed by atoms with Crippen LogP contribution in [0.5, 0.6) is 5.75 Å². The second kappa shape index (κ2) is 9.76. The van der Waals surface area contributed by atoms with Gasteiger partial charge in [0.25, 0.3) is 0 Å². The Balaban J connectivity index is 2.25. The monoisotopic (exact) mass is 368 g/mol. The summed E-state index contributed by atoms with van der Waals surface area (Å²) in [5.41, 5.74) is 3.05. The highest BCUT2D eigenvalue weighted by molar-refractivity contribution is 5.88. The predicted octanol–water partition coefficient (Wildman–Crippen LogP) is 3.10. The Bertz CT molecular complexity index is 754. The van der Waals surface area contributed by atoms with Gasteiger partial charge in [-0.15, -0.1) is 0 Å². The Morgan fingerprint density at radius 1 is 1.04 bits per heavy atom. The number of nitrogens with zero attached hydrogens (tertiary/aromatic N) is 1. The molecule has 0 unspecified atom stereocenters. The van der Waals surface area contributed by atoms with Gasteiger partial charge in [-0.05, 0) is 36.6 Å². The molecule has 0 fully saturated rings. The molecule has 0 aliphatic carbocycles. The van der Waals surface area contributed by atoms with E-state index in [-0.39, 0.29) is 18.2 Å². The maximum absolute atomic E-state index is 13.1. The highest BCUT2D eigenvalue weighted by atomic mass is 16.5. The molecule has 1 atom stereocenters. The van der Waals surface area contributed by atoms with E-state index < -0.39 is 6.04 Å². The molecule has 0 saturated carbocycles. The smallest absolute Gasteiger partial charge is 0.242 e. The van der Waals surface area contributed by atoms with Gasteiger partial charge in [0.2, 0.25) is 11.8 Å². The summed E-state index contributed by atoms with van der Waals surface area (Å²) in [6.07, 6.45) is 0.819. The first kappa shape index (κ1) is 20.5. The van der Waals surface area contributed by atoms with Crippen molar-refractivity contribution < 1.29 is 14.3 Å². The Morgan fingerprint density at radius 2 is 1.63 bits per heavy atom. The summed E-state index contributed by atoms with van der Waals surface area (Å²) in [6.45, 7) is 4.31. The summed E-state index contributed by atoms with van der Waals surface area (Å²) in [5, 5.41) is 2.67. The molecule has 0 aliphatic rings. The van der Waals surface area contributed by atoms with Crippen molar-refractivity contribution in [2.24, 2.45) is 0 Å². The fourth-order valence-corrected chi connectivity index (χ4v) is 3.00. The van der Waals surface area contributed by atoms with Crippen molar-refractivity contribution in [2.45, 2.75) is 39.3 Å². The summed E-state index contributed by atoms with van der Waals surface area (Å²) >= 11 is 0. The van der Waals surface area contributed by atoms with E-state index in [9.17, 15) is 9.59 Å². The van der Waals surface area contributed by atoms with E-state index in [1.807, 2.05) is 62.4 Å². The zero-order chi connectivity index (χ0) is 19.8. The van der Waals surface area contributed by atoms with E-state index in [2.05, 4.69) is 5.32 Å². The first-order valence-electron chi connectivity index (χ1n) is 9.18. The first-order valence-corrected chi connectivity index (χ1v) is 9.18. The predicted molar refractivity (Wildman–Crippen MR) is 107 cm³/mol. The number of hydrogen-bond donors (Lipinski definition) is 1. The van der Waals surface area contributed by atoms with E-state index in [0.29, 0.717) is 13.0 Å². The summed E-state index contributed by atoms with van der Waals surface area (Å²) in [7, 11) is 3.21. The van der Waals surface area contributed by atoms with Crippen LogP contribution in [0.25, 0.3) is 0 Å². The van der Waals surface area contributed by atoms with Gasteiger partial charge in [-0.3, -0.25) is 9.59 Å². The van der Waals surface area contributed by atoms with E-state index in [1.54, 1.807) is 19.1 Å². The SMILES string of the molecule is CC[C@@H](C(=O)NC)N(Cc1ccc(OC)cc1)C(=O)Cc1ccc(C)cc1. The molecule has 0 radical (unpaired) electrons. The van der Waals surface area contributed by atoms with Gasteiger partial charge in [0, 0.05) is 13.6 Å². The molecule has 0 bridgehead atoms.